The van der Waals surface area contributed by atoms with E-state index < -0.39 is 0 Å². The van der Waals surface area contributed by atoms with E-state index in [0.717, 1.165) is 13.1 Å². The van der Waals surface area contributed by atoms with E-state index in [9.17, 15) is 0 Å². The number of aromatic nitrogens is 1. The quantitative estimate of drug-likeness (QED) is 0.863. The van der Waals surface area contributed by atoms with Gasteiger partial charge in [-0.25, -0.2) is 0 Å². The first-order valence-electron chi connectivity index (χ1n) is 6.64. The van der Waals surface area contributed by atoms with E-state index in [-0.39, 0.29) is 0 Å². The number of hydrogen-bond donors (Lipinski definition) is 1. The maximum atomic E-state index is 4.13. The van der Waals surface area contributed by atoms with Gasteiger partial charge < -0.3 is 5.32 Å². The molecule has 2 rings (SSSR count). The predicted molar refractivity (Wildman–Crippen MR) is 77.5 cm³/mol. The summed E-state index contributed by atoms with van der Waals surface area (Å²) in [7, 11) is 0. The number of hydrogen-bond acceptors (Lipinski definition) is 2. The Kier molecular flexibility index (Phi) is 3.97. The molecule has 96 valence electrons. The van der Waals surface area contributed by atoms with Crippen LogP contribution in [0, 0.1) is 5.41 Å². The van der Waals surface area contributed by atoms with Crippen molar-refractivity contribution in [1.82, 2.24) is 10.3 Å². The average Bonchev–Trinajstić information content (AvgIpc) is 2.38. The van der Waals surface area contributed by atoms with Gasteiger partial charge in [0.05, 0.1) is 0 Å². The third-order valence-electron chi connectivity index (χ3n) is 3.59. The molecule has 2 aromatic rings. The lowest BCUT2D eigenvalue weighted by Gasteiger charge is -2.23. The predicted octanol–water partition coefficient (Wildman–Crippen LogP) is 3.76. The molecule has 0 fully saturated rings. The SMILES string of the molecule is CCC(C)(C)CNCc1ccc2cnccc2c1. The van der Waals surface area contributed by atoms with Gasteiger partial charge in [0, 0.05) is 30.9 Å². The second-order valence-corrected chi connectivity index (χ2v) is 5.68. The second-order valence-electron chi connectivity index (χ2n) is 5.68. The van der Waals surface area contributed by atoms with Crippen LogP contribution >= 0.6 is 0 Å². The van der Waals surface area contributed by atoms with Crippen LogP contribution < -0.4 is 5.32 Å². The third kappa shape index (κ3) is 3.30. The van der Waals surface area contributed by atoms with Crippen LogP contribution in [0.4, 0.5) is 0 Å². The minimum absolute atomic E-state index is 0.376. The molecule has 0 amide bonds. The molecule has 18 heavy (non-hydrogen) atoms. The molecule has 1 N–H and O–H groups in total. The van der Waals surface area contributed by atoms with Gasteiger partial charge in [0.25, 0.3) is 0 Å². The van der Waals surface area contributed by atoms with E-state index in [1.807, 2.05) is 12.4 Å². The van der Waals surface area contributed by atoms with Crippen molar-refractivity contribution in [2.45, 2.75) is 33.7 Å². The maximum absolute atomic E-state index is 4.13. The molecule has 1 aromatic heterocycles. The first-order chi connectivity index (χ1) is 8.61. The summed E-state index contributed by atoms with van der Waals surface area (Å²) in [5, 5.41) is 6.01. The normalized spacial score (nSPS) is 11.9. The van der Waals surface area contributed by atoms with Gasteiger partial charge in [0.15, 0.2) is 0 Å². The standard InChI is InChI=1S/C16H22N2/c1-4-16(2,3)12-18-10-13-5-6-15-11-17-8-7-14(15)9-13/h5-9,11,18H,4,10,12H2,1-3H3. The van der Waals surface area contributed by atoms with Crippen molar-refractivity contribution in [3.63, 3.8) is 0 Å². The number of fused-ring (bicyclic) bond motifs is 1. The minimum atomic E-state index is 0.376. The van der Waals surface area contributed by atoms with E-state index in [4.69, 9.17) is 0 Å². The van der Waals surface area contributed by atoms with Gasteiger partial charge in [-0.1, -0.05) is 32.9 Å². The summed E-state index contributed by atoms with van der Waals surface area (Å²) in [6, 6.07) is 8.62. The van der Waals surface area contributed by atoms with Crippen molar-refractivity contribution in [2.24, 2.45) is 5.41 Å². The number of nitrogens with one attached hydrogen (secondary N) is 1. The molecular formula is C16H22N2. The van der Waals surface area contributed by atoms with E-state index in [0.29, 0.717) is 5.41 Å². The third-order valence-corrected chi connectivity index (χ3v) is 3.59. The molecule has 0 aliphatic carbocycles. The lowest BCUT2D eigenvalue weighted by molar-refractivity contribution is 0.328. The fourth-order valence-corrected chi connectivity index (χ4v) is 1.91. The van der Waals surface area contributed by atoms with Crippen molar-refractivity contribution in [2.75, 3.05) is 6.54 Å². The Bertz CT molecular complexity index is 517. The van der Waals surface area contributed by atoms with Gasteiger partial charge in [0.1, 0.15) is 0 Å². The van der Waals surface area contributed by atoms with Gasteiger partial charge in [0.2, 0.25) is 0 Å². The van der Waals surface area contributed by atoms with Crippen LogP contribution in [-0.4, -0.2) is 11.5 Å². The Morgan fingerprint density at radius 3 is 2.78 bits per heavy atom. The summed E-state index contributed by atoms with van der Waals surface area (Å²) >= 11 is 0. The monoisotopic (exact) mass is 242 g/mol. The van der Waals surface area contributed by atoms with Crippen LogP contribution in [0.15, 0.2) is 36.7 Å². The highest BCUT2D eigenvalue weighted by Crippen LogP contribution is 2.18. The van der Waals surface area contributed by atoms with Gasteiger partial charge in [-0.3, -0.25) is 4.98 Å². The Hall–Kier alpha value is -1.41. The number of nitrogens with zero attached hydrogens (tertiary/aromatic N) is 1. The Labute approximate surface area is 109 Å². The molecule has 0 aliphatic rings. The molecule has 0 saturated heterocycles. The van der Waals surface area contributed by atoms with E-state index in [2.05, 4.69) is 55.3 Å². The summed E-state index contributed by atoms with van der Waals surface area (Å²) in [5.74, 6) is 0. The number of rotatable bonds is 5. The van der Waals surface area contributed by atoms with Crippen molar-refractivity contribution in [1.29, 1.82) is 0 Å². The first-order valence-corrected chi connectivity index (χ1v) is 6.64. The fraction of sp³-hybridized carbons (Fsp3) is 0.438. The molecule has 2 heteroatoms. The summed E-state index contributed by atoms with van der Waals surface area (Å²) < 4.78 is 0. The van der Waals surface area contributed by atoms with Gasteiger partial charge >= 0.3 is 0 Å². The molecule has 0 spiro atoms. The molecule has 0 radical (unpaired) electrons. The molecular weight excluding hydrogens is 220 g/mol. The minimum Gasteiger partial charge on any atom is -0.312 e. The van der Waals surface area contributed by atoms with Crippen LogP contribution in [0.1, 0.15) is 32.8 Å². The lowest BCUT2D eigenvalue weighted by Crippen LogP contribution is -2.28. The molecule has 2 nitrogen and oxygen atoms in total. The van der Waals surface area contributed by atoms with Crippen LogP contribution in [0.5, 0.6) is 0 Å². The maximum Gasteiger partial charge on any atom is 0.0346 e. The van der Waals surface area contributed by atoms with Crippen LogP contribution in [0.25, 0.3) is 10.8 Å². The Morgan fingerprint density at radius 2 is 2.00 bits per heavy atom. The molecule has 1 aromatic carbocycles. The van der Waals surface area contributed by atoms with Crippen LogP contribution in [0.2, 0.25) is 0 Å². The highest BCUT2D eigenvalue weighted by molar-refractivity contribution is 5.81. The highest BCUT2D eigenvalue weighted by Gasteiger charge is 2.13. The zero-order valence-electron chi connectivity index (χ0n) is 11.5. The lowest BCUT2D eigenvalue weighted by atomic mass is 9.90. The first kappa shape index (κ1) is 13.0. The van der Waals surface area contributed by atoms with Crippen molar-refractivity contribution >= 4 is 10.8 Å². The number of pyridine rings is 1. The smallest absolute Gasteiger partial charge is 0.0346 e. The van der Waals surface area contributed by atoms with E-state index >= 15 is 0 Å². The Balaban J connectivity index is 2.00. The molecule has 0 atom stereocenters. The van der Waals surface area contributed by atoms with Crippen molar-refractivity contribution in [3.05, 3.63) is 42.2 Å². The molecule has 0 aliphatic heterocycles. The highest BCUT2D eigenvalue weighted by atomic mass is 14.9. The van der Waals surface area contributed by atoms with E-state index in [1.54, 1.807) is 0 Å². The molecule has 0 unspecified atom stereocenters. The average molecular weight is 242 g/mol. The second kappa shape index (κ2) is 5.49. The summed E-state index contributed by atoms with van der Waals surface area (Å²) in [6.07, 6.45) is 4.95. The van der Waals surface area contributed by atoms with E-state index in [1.165, 1.54) is 22.8 Å². The summed E-state index contributed by atoms with van der Waals surface area (Å²) in [6.45, 7) is 8.82. The summed E-state index contributed by atoms with van der Waals surface area (Å²) in [5.41, 5.74) is 1.71. The topological polar surface area (TPSA) is 24.9 Å². The zero-order valence-corrected chi connectivity index (χ0v) is 11.5. The summed E-state index contributed by atoms with van der Waals surface area (Å²) in [4.78, 5) is 4.13. The molecule has 0 saturated carbocycles. The Morgan fingerprint density at radius 1 is 1.17 bits per heavy atom. The largest absolute Gasteiger partial charge is 0.312 e. The number of benzene rings is 1. The van der Waals surface area contributed by atoms with Crippen molar-refractivity contribution < 1.29 is 0 Å². The van der Waals surface area contributed by atoms with Crippen LogP contribution in [-0.2, 0) is 6.54 Å². The van der Waals surface area contributed by atoms with Crippen LogP contribution in [0.3, 0.4) is 0 Å². The molecule has 0 bridgehead atoms. The van der Waals surface area contributed by atoms with Gasteiger partial charge in [-0.05, 0) is 34.9 Å². The molecule has 1 heterocycles. The van der Waals surface area contributed by atoms with Crippen molar-refractivity contribution in [3.8, 4) is 0 Å². The zero-order chi connectivity index (χ0) is 13.0. The van der Waals surface area contributed by atoms with Gasteiger partial charge in [-0.15, -0.1) is 0 Å². The van der Waals surface area contributed by atoms with Gasteiger partial charge in [-0.2, -0.15) is 0 Å². The fourth-order valence-electron chi connectivity index (χ4n) is 1.91.